The number of rotatable bonds is 1. The fourth-order valence-electron chi connectivity index (χ4n) is 3.61. The van der Waals surface area contributed by atoms with Gasteiger partial charge in [0.2, 0.25) is 0 Å². The van der Waals surface area contributed by atoms with E-state index in [2.05, 4.69) is 0 Å². The van der Waals surface area contributed by atoms with Crippen LogP contribution in [0.3, 0.4) is 0 Å². The molecule has 1 spiro atoms. The molecule has 5 heteroatoms. The van der Waals surface area contributed by atoms with Gasteiger partial charge in [0.15, 0.2) is 0 Å². The molecule has 2 heterocycles. The molecule has 1 aromatic carbocycles. The predicted molar refractivity (Wildman–Crippen MR) is 91.2 cm³/mol. The fourth-order valence-corrected chi connectivity index (χ4v) is 3.61. The van der Waals surface area contributed by atoms with Crippen LogP contribution in [0.2, 0.25) is 0 Å². The van der Waals surface area contributed by atoms with E-state index < -0.39 is 5.60 Å². The summed E-state index contributed by atoms with van der Waals surface area (Å²) in [4.78, 5) is 14.0. The minimum Gasteiger partial charge on any atom is -0.508 e. The van der Waals surface area contributed by atoms with Crippen LogP contribution in [0, 0.1) is 0 Å². The fraction of sp³-hybridized carbons (Fsp3) is 0.632. The lowest BCUT2D eigenvalue weighted by atomic mass is 9.83. The summed E-state index contributed by atoms with van der Waals surface area (Å²) in [6, 6.07) is 7.43. The summed E-state index contributed by atoms with van der Waals surface area (Å²) >= 11 is 0. The van der Waals surface area contributed by atoms with Gasteiger partial charge < -0.3 is 19.5 Å². The first-order valence-corrected chi connectivity index (χ1v) is 8.67. The second kappa shape index (κ2) is 6.28. The minimum atomic E-state index is -0.462. The zero-order valence-corrected chi connectivity index (χ0v) is 14.7. The number of amides is 1. The van der Waals surface area contributed by atoms with Crippen molar-refractivity contribution < 1.29 is 19.4 Å². The molecule has 2 aliphatic rings. The van der Waals surface area contributed by atoms with E-state index in [0.717, 1.165) is 24.8 Å². The Morgan fingerprint density at radius 2 is 2.04 bits per heavy atom. The molecule has 1 atom stereocenters. The normalized spacial score (nSPS) is 23.5. The summed E-state index contributed by atoms with van der Waals surface area (Å²) < 4.78 is 11.6. The molecule has 2 fully saturated rings. The molecule has 5 nitrogen and oxygen atoms in total. The number of piperidine rings is 1. The Morgan fingerprint density at radius 3 is 2.67 bits per heavy atom. The van der Waals surface area contributed by atoms with Gasteiger partial charge >= 0.3 is 6.09 Å². The number of carbonyl (C=O) groups excluding carboxylic acids is 1. The highest BCUT2D eigenvalue weighted by molar-refractivity contribution is 5.68. The van der Waals surface area contributed by atoms with Gasteiger partial charge in [-0.15, -0.1) is 0 Å². The van der Waals surface area contributed by atoms with Gasteiger partial charge in [0.1, 0.15) is 11.4 Å². The van der Waals surface area contributed by atoms with E-state index in [-0.39, 0.29) is 11.7 Å². The molecule has 0 unspecified atom stereocenters. The lowest BCUT2D eigenvalue weighted by Crippen LogP contribution is -2.47. The molecule has 0 bridgehead atoms. The highest BCUT2D eigenvalue weighted by Crippen LogP contribution is 2.43. The number of hydrogen-bond donors (Lipinski definition) is 1. The van der Waals surface area contributed by atoms with Gasteiger partial charge in [-0.25, -0.2) is 4.79 Å². The second-order valence-electron chi connectivity index (χ2n) is 7.96. The van der Waals surface area contributed by atoms with Crippen molar-refractivity contribution in [3.63, 3.8) is 0 Å². The Kier molecular flexibility index (Phi) is 4.47. The summed E-state index contributed by atoms with van der Waals surface area (Å²) in [7, 11) is 0. The summed E-state index contributed by atoms with van der Waals surface area (Å²) in [6.45, 7) is 7.67. The van der Waals surface area contributed by atoms with Crippen molar-refractivity contribution in [2.45, 2.75) is 57.2 Å². The van der Waals surface area contributed by atoms with Crippen LogP contribution in [0.5, 0.6) is 5.75 Å². The monoisotopic (exact) mass is 333 g/mol. The van der Waals surface area contributed by atoms with Gasteiger partial charge in [0.05, 0.1) is 12.2 Å². The molecule has 0 aliphatic carbocycles. The van der Waals surface area contributed by atoms with E-state index in [1.165, 1.54) is 0 Å². The number of phenolic OH excluding ortho intramolecular Hbond substituents is 1. The predicted octanol–water partition coefficient (Wildman–Crippen LogP) is 3.67. The SMILES string of the molecule is CC(C)(C)OC(=O)N1CCC2(CC1)C[C@@H](c1cccc(O)c1)CO2. The van der Waals surface area contributed by atoms with Crippen molar-refractivity contribution in [3.05, 3.63) is 29.8 Å². The lowest BCUT2D eigenvalue weighted by molar-refractivity contribution is -0.0485. The van der Waals surface area contributed by atoms with Crippen molar-refractivity contribution in [3.8, 4) is 5.75 Å². The average Bonchev–Trinajstić information content (AvgIpc) is 2.90. The van der Waals surface area contributed by atoms with Gasteiger partial charge in [-0.2, -0.15) is 0 Å². The number of benzene rings is 1. The van der Waals surface area contributed by atoms with Gasteiger partial charge in [0.25, 0.3) is 0 Å². The molecule has 0 aromatic heterocycles. The standard InChI is InChI=1S/C19H27NO4/c1-18(2,3)24-17(22)20-9-7-19(8-10-20)12-15(13-23-19)14-5-4-6-16(21)11-14/h4-6,11,15,21H,7-10,12-13H2,1-3H3/t15-/m1/s1. The van der Waals surface area contributed by atoms with Crippen molar-refractivity contribution in [2.24, 2.45) is 0 Å². The highest BCUT2D eigenvalue weighted by atomic mass is 16.6. The summed E-state index contributed by atoms with van der Waals surface area (Å²) in [5.41, 5.74) is 0.520. The third-order valence-electron chi connectivity index (χ3n) is 4.88. The third-order valence-corrected chi connectivity index (χ3v) is 4.88. The van der Waals surface area contributed by atoms with Crippen molar-refractivity contribution in [1.82, 2.24) is 4.90 Å². The van der Waals surface area contributed by atoms with E-state index in [1.807, 2.05) is 39.0 Å². The van der Waals surface area contributed by atoms with Crippen LogP contribution in [-0.4, -0.2) is 47.0 Å². The maximum absolute atomic E-state index is 12.2. The Balaban J connectivity index is 1.58. The smallest absolute Gasteiger partial charge is 0.410 e. The molecular formula is C19H27NO4. The van der Waals surface area contributed by atoms with Crippen LogP contribution in [0.25, 0.3) is 0 Å². The van der Waals surface area contributed by atoms with Crippen molar-refractivity contribution in [1.29, 1.82) is 0 Å². The van der Waals surface area contributed by atoms with Crippen molar-refractivity contribution >= 4 is 6.09 Å². The summed E-state index contributed by atoms with van der Waals surface area (Å²) in [5.74, 6) is 0.610. The Bertz CT molecular complexity index is 600. The summed E-state index contributed by atoms with van der Waals surface area (Å²) in [5, 5.41) is 9.66. The Labute approximate surface area is 143 Å². The van der Waals surface area contributed by atoms with Gasteiger partial charge in [0, 0.05) is 19.0 Å². The molecule has 3 rings (SSSR count). The first-order valence-electron chi connectivity index (χ1n) is 8.67. The number of hydrogen-bond acceptors (Lipinski definition) is 4. The van der Waals surface area contributed by atoms with Crippen molar-refractivity contribution in [2.75, 3.05) is 19.7 Å². The van der Waals surface area contributed by atoms with Crippen LogP contribution < -0.4 is 0 Å². The number of ether oxygens (including phenoxy) is 2. The van der Waals surface area contributed by atoms with Crippen LogP contribution >= 0.6 is 0 Å². The van der Waals surface area contributed by atoms with E-state index >= 15 is 0 Å². The zero-order valence-electron chi connectivity index (χ0n) is 14.7. The molecular weight excluding hydrogens is 306 g/mol. The average molecular weight is 333 g/mol. The van der Waals surface area contributed by atoms with Gasteiger partial charge in [-0.05, 0) is 57.7 Å². The minimum absolute atomic E-state index is 0.144. The maximum atomic E-state index is 12.2. The second-order valence-corrected chi connectivity index (χ2v) is 7.96. The van der Waals surface area contributed by atoms with Crippen LogP contribution in [0.1, 0.15) is 51.5 Å². The number of carbonyl (C=O) groups is 1. The molecule has 2 aliphatic heterocycles. The Morgan fingerprint density at radius 1 is 1.33 bits per heavy atom. The molecule has 1 aromatic rings. The van der Waals surface area contributed by atoms with E-state index in [0.29, 0.717) is 31.4 Å². The van der Waals surface area contributed by atoms with Crippen LogP contribution in [-0.2, 0) is 9.47 Å². The highest BCUT2D eigenvalue weighted by Gasteiger charge is 2.44. The topological polar surface area (TPSA) is 59.0 Å². The molecule has 1 amide bonds. The lowest BCUT2D eigenvalue weighted by Gasteiger charge is -2.39. The van der Waals surface area contributed by atoms with Crippen LogP contribution in [0.4, 0.5) is 4.79 Å². The Hall–Kier alpha value is -1.75. The zero-order chi connectivity index (χ0) is 17.4. The molecule has 2 saturated heterocycles. The largest absolute Gasteiger partial charge is 0.508 e. The third kappa shape index (κ3) is 3.83. The summed E-state index contributed by atoms with van der Waals surface area (Å²) in [6.07, 6.45) is 2.38. The molecule has 132 valence electrons. The van der Waals surface area contributed by atoms with E-state index in [1.54, 1.807) is 11.0 Å². The molecule has 24 heavy (non-hydrogen) atoms. The number of aromatic hydroxyl groups is 1. The first-order chi connectivity index (χ1) is 11.3. The number of phenols is 1. The quantitative estimate of drug-likeness (QED) is 0.852. The number of likely N-dealkylation sites (tertiary alicyclic amines) is 1. The van der Waals surface area contributed by atoms with Crippen LogP contribution in [0.15, 0.2) is 24.3 Å². The first kappa shape index (κ1) is 17.1. The molecule has 0 radical (unpaired) electrons. The van der Waals surface area contributed by atoms with E-state index in [9.17, 15) is 9.90 Å². The van der Waals surface area contributed by atoms with Gasteiger partial charge in [-0.1, -0.05) is 12.1 Å². The maximum Gasteiger partial charge on any atom is 0.410 e. The molecule has 0 saturated carbocycles. The molecule has 1 N–H and O–H groups in total. The number of nitrogens with zero attached hydrogens (tertiary/aromatic N) is 1. The van der Waals surface area contributed by atoms with E-state index in [4.69, 9.17) is 9.47 Å². The van der Waals surface area contributed by atoms with Gasteiger partial charge in [-0.3, -0.25) is 0 Å².